The lowest BCUT2D eigenvalue weighted by Gasteiger charge is -2.06. The van der Waals surface area contributed by atoms with E-state index in [-0.39, 0.29) is 5.91 Å². The first-order valence-corrected chi connectivity index (χ1v) is 5.94. The Balaban J connectivity index is 2.42. The number of carbonyl (C=O) groups is 1. The van der Waals surface area contributed by atoms with Gasteiger partial charge in [-0.1, -0.05) is 6.07 Å². The van der Waals surface area contributed by atoms with Gasteiger partial charge in [0.1, 0.15) is 0 Å². The van der Waals surface area contributed by atoms with Crippen LogP contribution in [-0.2, 0) is 0 Å². The van der Waals surface area contributed by atoms with Crippen molar-refractivity contribution in [3.05, 3.63) is 34.9 Å². The lowest BCUT2D eigenvalue weighted by atomic mass is 10.1. The van der Waals surface area contributed by atoms with Gasteiger partial charge < -0.3 is 5.32 Å². The highest BCUT2D eigenvalue weighted by molar-refractivity contribution is 5.94. The molecule has 0 aliphatic carbocycles. The minimum Gasteiger partial charge on any atom is -0.352 e. The van der Waals surface area contributed by atoms with Crippen LogP contribution < -0.4 is 5.32 Å². The second-order valence-electron chi connectivity index (χ2n) is 4.22. The van der Waals surface area contributed by atoms with Crippen LogP contribution in [0.5, 0.6) is 0 Å². The number of rotatable bonds is 5. The fraction of sp³-hybridized carbons (Fsp3) is 0.400. The number of benzene rings is 1. The maximum atomic E-state index is 11.8. The van der Waals surface area contributed by atoms with Gasteiger partial charge in [0.05, 0.1) is 0 Å². The average Bonchev–Trinajstić information content (AvgIpc) is 2.32. The Hall–Kier alpha value is -1.75. The fourth-order valence-electron chi connectivity index (χ4n) is 1.54. The molecule has 0 atom stereocenters. The zero-order valence-electron chi connectivity index (χ0n) is 10.5. The highest BCUT2D eigenvalue weighted by Crippen LogP contribution is 2.09. The maximum Gasteiger partial charge on any atom is 0.251 e. The third-order valence-electron chi connectivity index (χ3n) is 2.80. The van der Waals surface area contributed by atoms with Crippen LogP contribution >= 0.6 is 0 Å². The van der Waals surface area contributed by atoms with E-state index in [1.54, 1.807) is 0 Å². The van der Waals surface area contributed by atoms with Gasteiger partial charge in [0, 0.05) is 18.5 Å². The Morgan fingerprint density at radius 3 is 2.71 bits per heavy atom. The molecule has 2 heteroatoms. The van der Waals surface area contributed by atoms with E-state index in [9.17, 15) is 4.79 Å². The first-order valence-electron chi connectivity index (χ1n) is 5.94. The summed E-state index contributed by atoms with van der Waals surface area (Å²) in [5.41, 5.74) is 3.07. The number of carbonyl (C=O) groups excluding carboxylic acids is 1. The Bertz CT molecular complexity index is 429. The van der Waals surface area contributed by atoms with Crippen molar-refractivity contribution in [2.75, 3.05) is 6.54 Å². The Kier molecular flexibility index (Phi) is 5.29. The smallest absolute Gasteiger partial charge is 0.251 e. The molecule has 0 unspecified atom stereocenters. The van der Waals surface area contributed by atoms with Crippen LogP contribution in [0, 0.1) is 26.2 Å². The molecule has 1 rings (SSSR count). The molecule has 1 aromatic rings. The van der Waals surface area contributed by atoms with Gasteiger partial charge in [-0.3, -0.25) is 4.79 Å². The molecule has 0 heterocycles. The highest BCUT2D eigenvalue weighted by Gasteiger charge is 2.05. The number of hydrogen-bond donors (Lipinski definition) is 1. The van der Waals surface area contributed by atoms with E-state index >= 15 is 0 Å². The first-order chi connectivity index (χ1) is 8.15. The molecule has 0 fully saturated rings. The summed E-state index contributed by atoms with van der Waals surface area (Å²) in [7, 11) is 0. The number of terminal acetylenes is 1. The van der Waals surface area contributed by atoms with E-state index in [0.717, 1.165) is 30.4 Å². The van der Waals surface area contributed by atoms with Crippen LogP contribution in [0.2, 0.25) is 0 Å². The van der Waals surface area contributed by atoms with E-state index in [1.807, 2.05) is 32.0 Å². The summed E-state index contributed by atoms with van der Waals surface area (Å²) in [4.78, 5) is 11.8. The minimum atomic E-state index is -0.00573. The van der Waals surface area contributed by atoms with E-state index in [0.29, 0.717) is 6.54 Å². The van der Waals surface area contributed by atoms with E-state index in [1.165, 1.54) is 5.56 Å². The number of hydrogen-bond acceptors (Lipinski definition) is 1. The molecule has 0 radical (unpaired) electrons. The summed E-state index contributed by atoms with van der Waals surface area (Å²) in [5, 5.41) is 2.90. The summed E-state index contributed by atoms with van der Waals surface area (Å²) >= 11 is 0. The molecule has 90 valence electrons. The van der Waals surface area contributed by atoms with Crippen LogP contribution in [0.3, 0.4) is 0 Å². The lowest BCUT2D eigenvalue weighted by molar-refractivity contribution is 0.0953. The number of aryl methyl sites for hydroxylation is 2. The summed E-state index contributed by atoms with van der Waals surface area (Å²) in [5.74, 6) is 2.58. The number of amides is 1. The molecule has 17 heavy (non-hydrogen) atoms. The third kappa shape index (κ3) is 4.32. The van der Waals surface area contributed by atoms with Gasteiger partial charge in [0.25, 0.3) is 5.91 Å². The zero-order chi connectivity index (χ0) is 12.7. The summed E-state index contributed by atoms with van der Waals surface area (Å²) < 4.78 is 0. The van der Waals surface area contributed by atoms with Gasteiger partial charge in [-0.05, 0) is 49.9 Å². The molecule has 0 aliphatic heterocycles. The summed E-state index contributed by atoms with van der Waals surface area (Å²) in [6.45, 7) is 4.74. The monoisotopic (exact) mass is 229 g/mol. The SMILES string of the molecule is C#CCCCCNC(=O)c1ccc(C)c(C)c1. The second kappa shape index (κ2) is 6.75. The van der Waals surface area contributed by atoms with Crippen molar-refractivity contribution in [1.82, 2.24) is 5.32 Å². The molecule has 1 N–H and O–H groups in total. The quantitative estimate of drug-likeness (QED) is 0.610. The topological polar surface area (TPSA) is 29.1 Å². The molecule has 2 nitrogen and oxygen atoms in total. The van der Waals surface area contributed by atoms with Crippen molar-refractivity contribution in [3.8, 4) is 12.3 Å². The molecule has 0 saturated heterocycles. The second-order valence-corrected chi connectivity index (χ2v) is 4.22. The largest absolute Gasteiger partial charge is 0.352 e. The minimum absolute atomic E-state index is 0.00573. The van der Waals surface area contributed by atoms with Crippen molar-refractivity contribution >= 4 is 5.91 Å². The van der Waals surface area contributed by atoms with E-state index in [4.69, 9.17) is 6.42 Å². The third-order valence-corrected chi connectivity index (χ3v) is 2.80. The van der Waals surface area contributed by atoms with Crippen molar-refractivity contribution in [2.24, 2.45) is 0 Å². The molecular weight excluding hydrogens is 210 g/mol. The Labute approximate surface area is 103 Å². The van der Waals surface area contributed by atoms with Crippen LogP contribution in [0.25, 0.3) is 0 Å². The van der Waals surface area contributed by atoms with Crippen molar-refractivity contribution in [3.63, 3.8) is 0 Å². The van der Waals surface area contributed by atoms with E-state index in [2.05, 4.69) is 11.2 Å². The summed E-state index contributed by atoms with van der Waals surface area (Å²) in [6.07, 6.45) is 7.83. The Morgan fingerprint density at radius 1 is 1.29 bits per heavy atom. The van der Waals surface area contributed by atoms with Gasteiger partial charge in [-0.15, -0.1) is 12.3 Å². The number of nitrogens with one attached hydrogen (secondary N) is 1. The molecule has 1 aromatic carbocycles. The Morgan fingerprint density at radius 2 is 2.06 bits per heavy atom. The van der Waals surface area contributed by atoms with Crippen LogP contribution in [0.15, 0.2) is 18.2 Å². The van der Waals surface area contributed by atoms with Crippen molar-refractivity contribution in [1.29, 1.82) is 0 Å². The van der Waals surface area contributed by atoms with Crippen LogP contribution in [-0.4, -0.2) is 12.5 Å². The standard InChI is InChI=1S/C15H19NO/c1-4-5-6-7-10-16-15(17)14-9-8-12(2)13(3)11-14/h1,8-9,11H,5-7,10H2,2-3H3,(H,16,17). The van der Waals surface area contributed by atoms with E-state index < -0.39 is 0 Å². The summed E-state index contributed by atoms with van der Waals surface area (Å²) in [6, 6.07) is 5.76. The van der Waals surface area contributed by atoms with Gasteiger partial charge >= 0.3 is 0 Å². The van der Waals surface area contributed by atoms with Crippen LogP contribution in [0.1, 0.15) is 40.7 Å². The van der Waals surface area contributed by atoms with Gasteiger partial charge in [-0.2, -0.15) is 0 Å². The van der Waals surface area contributed by atoms with Gasteiger partial charge in [-0.25, -0.2) is 0 Å². The van der Waals surface area contributed by atoms with Crippen LogP contribution in [0.4, 0.5) is 0 Å². The predicted molar refractivity (Wildman–Crippen MR) is 70.9 cm³/mol. The van der Waals surface area contributed by atoms with Crippen molar-refractivity contribution < 1.29 is 4.79 Å². The molecule has 1 amide bonds. The predicted octanol–water partition coefficient (Wildman–Crippen LogP) is 2.84. The normalized spacial score (nSPS) is 9.71. The lowest BCUT2D eigenvalue weighted by Crippen LogP contribution is -2.24. The first kappa shape index (κ1) is 13.3. The fourth-order valence-corrected chi connectivity index (χ4v) is 1.54. The molecule has 0 aliphatic rings. The number of unbranched alkanes of at least 4 members (excludes halogenated alkanes) is 2. The van der Waals surface area contributed by atoms with Gasteiger partial charge in [0.2, 0.25) is 0 Å². The molecule has 0 aromatic heterocycles. The highest BCUT2D eigenvalue weighted by atomic mass is 16.1. The maximum absolute atomic E-state index is 11.8. The molecule has 0 spiro atoms. The molecular formula is C15H19NO. The van der Waals surface area contributed by atoms with Gasteiger partial charge in [0.15, 0.2) is 0 Å². The molecule has 0 bridgehead atoms. The molecule has 0 saturated carbocycles. The average molecular weight is 229 g/mol. The zero-order valence-corrected chi connectivity index (χ0v) is 10.5. The van der Waals surface area contributed by atoms with Crippen molar-refractivity contribution in [2.45, 2.75) is 33.1 Å².